The molecule has 0 amide bonds. The van der Waals surface area contributed by atoms with Crippen LogP contribution in [-0.2, 0) is 13.0 Å². The number of aryl methyl sites for hydroxylation is 1. The zero-order valence-electron chi connectivity index (χ0n) is 17.6. The number of guanidine groups is 1. The molecule has 1 aliphatic rings. The molecule has 1 aliphatic heterocycles. The molecule has 160 valence electrons. The van der Waals surface area contributed by atoms with Crippen molar-refractivity contribution < 1.29 is 8.91 Å². The lowest BCUT2D eigenvalue weighted by Crippen LogP contribution is -2.52. The van der Waals surface area contributed by atoms with E-state index in [1.807, 2.05) is 19.2 Å². The van der Waals surface area contributed by atoms with Crippen molar-refractivity contribution in [1.82, 2.24) is 25.3 Å². The van der Waals surface area contributed by atoms with Crippen molar-refractivity contribution in [3.8, 4) is 0 Å². The highest BCUT2D eigenvalue weighted by atomic mass is 19.1. The summed E-state index contributed by atoms with van der Waals surface area (Å²) < 4.78 is 18.8. The van der Waals surface area contributed by atoms with Crippen molar-refractivity contribution in [2.24, 2.45) is 4.99 Å². The highest BCUT2D eigenvalue weighted by molar-refractivity contribution is 5.83. The van der Waals surface area contributed by atoms with Gasteiger partial charge in [-0.15, -0.1) is 0 Å². The number of fused-ring (bicyclic) bond motifs is 1. The van der Waals surface area contributed by atoms with Crippen LogP contribution in [0.1, 0.15) is 23.9 Å². The van der Waals surface area contributed by atoms with Crippen LogP contribution in [0.3, 0.4) is 0 Å². The van der Waals surface area contributed by atoms with E-state index in [9.17, 15) is 4.39 Å². The van der Waals surface area contributed by atoms with E-state index in [0.717, 1.165) is 79.6 Å². The Bertz CT molecular complexity index is 1000. The predicted octanol–water partition coefficient (Wildman–Crippen LogP) is 2.93. The number of nitrogens with one attached hydrogen (secondary N) is 2. The lowest BCUT2D eigenvalue weighted by molar-refractivity contribution is 0.169. The molecule has 2 aromatic heterocycles. The molecule has 1 fully saturated rings. The van der Waals surface area contributed by atoms with Gasteiger partial charge in [0.05, 0.1) is 5.69 Å². The van der Waals surface area contributed by atoms with Gasteiger partial charge in [-0.2, -0.15) is 0 Å². The SMILES string of the molecule is CCNC(=NCCc1c[nH]c2ccc(F)cc12)N1CCN(Cc2cc(C)on2)CC1. The van der Waals surface area contributed by atoms with E-state index in [-0.39, 0.29) is 5.82 Å². The van der Waals surface area contributed by atoms with E-state index in [0.29, 0.717) is 6.54 Å². The summed E-state index contributed by atoms with van der Waals surface area (Å²) in [4.78, 5) is 12.7. The van der Waals surface area contributed by atoms with E-state index in [2.05, 4.69) is 32.2 Å². The molecule has 0 saturated carbocycles. The molecule has 30 heavy (non-hydrogen) atoms. The normalized spacial score (nSPS) is 15.8. The van der Waals surface area contributed by atoms with E-state index in [4.69, 9.17) is 9.52 Å². The van der Waals surface area contributed by atoms with Crippen molar-refractivity contribution in [2.45, 2.75) is 26.8 Å². The van der Waals surface area contributed by atoms with Crippen LogP contribution in [0.4, 0.5) is 4.39 Å². The van der Waals surface area contributed by atoms with E-state index in [1.165, 1.54) is 6.07 Å². The standard InChI is InChI=1S/C22H29FN6O/c1-3-24-22(25-7-6-17-14-26-21-5-4-18(23)13-20(17)21)29-10-8-28(9-11-29)15-19-12-16(2)30-27-19/h4-5,12-14,26H,3,6-11,15H2,1-2H3,(H,24,25). The van der Waals surface area contributed by atoms with Gasteiger partial charge in [-0.05, 0) is 44.0 Å². The zero-order valence-corrected chi connectivity index (χ0v) is 17.6. The van der Waals surface area contributed by atoms with E-state index >= 15 is 0 Å². The minimum Gasteiger partial charge on any atom is -0.361 e. The first-order valence-electron chi connectivity index (χ1n) is 10.6. The Morgan fingerprint density at radius 1 is 1.27 bits per heavy atom. The van der Waals surface area contributed by atoms with E-state index in [1.54, 1.807) is 12.1 Å². The third-order valence-corrected chi connectivity index (χ3v) is 5.44. The van der Waals surface area contributed by atoms with Gasteiger partial charge in [-0.3, -0.25) is 9.89 Å². The van der Waals surface area contributed by atoms with Crippen LogP contribution in [0, 0.1) is 12.7 Å². The first kappa shape index (κ1) is 20.4. The van der Waals surface area contributed by atoms with Crippen LogP contribution in [-0.4, -0.2) is 65.2 Å². The van der Waals surface area contributed by atoms with Crippen LogP contribution in [0.2, 0.25) is 0 Å². The Morgan fingerprint density at radius 3 is 2.83 bits per heavy atom. The molecular weight excluding hydrogens is 383 g/mol. The number of aromatic nitrogens is 2. The molecule has 7 nitrogen and oxygen atoms in total. The van der Waals surface area contributed by atoms with Gasteiger partial charge in [0.1, 0.15) is 11.6 Å². The Kier molecular flexibility index (Phi) is 6.32. The molecule has 0 atom stereocenters. The second kappa shape index (κ2) is 9.30. The number of hydrogen-bond donors (Lipinski definition) is 2. The summed E-state index contributed by atoms with van der Waals surface area (Å²) in [5.41, 5.74) is 3.04. The first-order chi connectivity index (χ1) is 14.6. The fraction of sp³-hybridized carbons (Fsp3) is 0.455. The van der Waals surface area contributed by atoms with Crippen LogP contribution in [0.25, 0.3) is 10.9 Å². The lowest BCUT2D eigenvalue weighted by Gasteiger charge is -2.36. The first-order valence-corrected chi connectivity index (χ1v) is 10.6. The van der Waals surface area contributed by atoms with Gasteiger partial charge in [0.2, 0.25) is 0 Å². The van der Waals surface area contributed by atoms with Gasteiger partial charge in [0, 0.05) is 69.0 Å². The topological polar surface area (TPSA) is 72.7 Å². The third kappa shape index (κ3) is 4.81. The lowest BCUT2D eigenvalue weighted by atomic mass is 10.1. The Balaban J connectivity index is 1.34. The van der Waals surface area contributed by atoms with Crippen molar-refractivity contribution in [2.75, 3.05) is 39.3 Å². The molecule has 4 rings (SSSR count). The second-order valence-corrected chi connectivity index (χ2v) is 7.68. The molecular formula is C22H29FN6O. The molecule has 0 radical (unpaired) electrons. The predicted molar refractivity (Wildman–Crippen MR) is 116 cm³/mol. The number of nitrogens with zero attached hydrogens (tertiary/aromatic N) is 4. The number of benzene rings is 1. The highest BCUT2D eigenvalue weighted by Gasteiger charge is 2.20. The van der Waals surface area contributed by atoms with Crippen molar-refractivity contribution in [3.63, 3.8) is 0 Å². The van der Waals surface area contributed by atoms with Gasteiger partial charge >= 0.3 is 0 Å². The summed E-state index contributed by atoms with van der Waals surface area (Å²) in [5, 5.41) is 8.44. The molecule has 1 aromatic carbocycles. The van der Waals surface area contributed by atoms with Gasteiger partial charge < -0.3 is 19.7 Å². The van der Waals surface area contributed by atoms with Gasteiger partial charge in [-0.1, -0.05) is 5.16 Å². The van der Waals surface area contributed by atoms with Crippen molar-refractivity contribution >= 4 is 16.9 Å². The maximum absolute atomic E-state index is 13.6. The summed E-state index contributed by atoms with van der Waals surface area (Å²) in [6.45, 7) is 10.1. The summed E-state index contributed by atoms with van der Waals surface area (Å²) in [6, 6.07) is 6.84. The number of halogens is 1. The molecule has 0 spiro atoms. The summed E-state index contributed by atoms with van der Waals surface area (Å²) in [6.07, 6.45) is 2.72. The molecule has 1 saturated heterocycles. The van der Waals surface area contributed by atoms with Crippen LogP contribution in [0.5, 0.6) is 0 Å². The molecule has 0 aliphatic carbocycles. The monoisotopic (exact) mass is 412 g/mol. The summed E-state index contributed by atoms with van der Waals surface area (Å²) >= 11 is 0. The number of H-pyrrole nitrogens is 1. The molecule has 2 N–H and O–H groups in total. The maximum atomic E-state index is 13.6. The van der Waals surface area contributed by atoms with E-state index < -0.39 is 0 Å². The largest absolute Gasteiger partial charge is 0.361 e. The smallest absolute Gasteiger partial charge is 0.194 e. The fourth-order valence-corrected chi connectivity index (χ4v) is 3.90. The average Bonchev–Trinajstić information content (AvgIpc) is 3.33. The highest BCUT2D eigenvalue weighted by Crippen LogP contribution is 2.20. The van der Waals surface area contributed by atoms with Gasteiger partial charge in [-0.25, -0.2) is 4.39 Å². The average molecular weight is 413 g/mol. The number of aromatic amines is 1. The second-order valence-electron chi connectivity index (χ2n) is 7.68. The number of rotatable bonds is 6. The van der Waals surface area contributed by atoms with Crippen molar-refractivity contribution in [1.29, 1.82) is 0 Å². The van der Waals surface area contributed by atoms with Gasteiger partial charge in [0.25, 0.3) is 0 Å². The minimum atomic E-state index is -0.209. The Morgan fingerprint density at radius 2 is 2.10 bits per heavy atom. The maximum Gasteiger partial charge on any atom is 0.194 e. The third-order valence-electron chi connectivity index (χ3n) is 5.44. The van der Waals surface area contributed by atoms with Gasteiger partial charge in [0.15, 0.2) is 5.96 Å². The molecule has 3 aromatic rings. The number of piperazine rings is 1. The fourth-order valence-electron chi connectivity index (χ4n) is 3.90. The summed E-state index contributed by atoms with van der Waals surface area (Å²) in [5.74, 6) is 1.59. The molecule has 0 unspecified atom stereocenters. The number of aliphatic imine (C=N–C) groups is 1. The Hall–Kier alpha value is -2.87. The van der Waals surface area contributed by atoms with Crippen LogP contribution in [0.15, 0.2) is 40.0 Å². The van der Waals surface area contributed by atoms with Crippen LogP contribution < -0.4 is 5.32 Å². The molecule has 3 heterocycles. The zero-order chi connectivity index (χ0) is 20.9. The quantitative estimate of drug-likeness (QED) is 0.481. The Labute approximate surface area is 175 Å². The molecule has 0 bridgehead atoms. The molecule has 8 heteroatoms. The number of hydrogen-bond acceptors (Lipinski definition) is 4. The minimum absolute atomic E-state index is 0.209. The summed E-state index contributed by atoms with van der Waals surface area (Å²) in [7, 11) is 0. The van der Waals surface area contributed by atoms with Crippen LogP contribution >= 0.6 is 0 Å². The van der Waals surface area contributed by atoms with Crippen molar-refractivity contribution in [3.05, 3.63) is 53.3 Å².